The molecule has 2 aliphatic carbocycles. The Balaban J connectivity index is 1.63. The van der Waals surface area contributed by atoms with Crippen molar-refractivity contribution in [3.8, 4) is 0 Å². The minimum Gasteiger partial charge on any atom is -0.307 e. The maximum Gasteiger partial charge on any atom is 0.0294 e. The molecule has 0 aromatic heterocycles. The van der Waals surface area contributed by atoms with Crippen LogP contribution in [0.2, 0.25) is 0 Å². The van der Waals surface area contributed by atoms with Crippen LogP contribution in [0, 0.1) is 11.8 Å². The summed E-state index contributed by atoms with van der Waals surface area (Å²) in [7, 11) is 0. The molecule has 98 valence electrons. The first-order valence-corrected chi connectivity index (χ1v) is 7.63. The zero-order valence-corrected chi connectivity index (χ0v) is 11.7. The third kappa shape index (κ3) is 2.77. The normalized spacial score (nSPS) is 21.3. The molecular formula is C17H25N. The maximum atomic E-state index is 3.89. The van der Waals surface area contributed by atoms with E-state index in [0.29, 0.717) is 6.04 Å². The summed E-state index contributed by atoms with van der Waals surface area (Å²) < 4.78 is 0. The first-order valence-electron chi connectivity index (χ1n) is 7.63. The summed E-state index contributed by atoms with van der Waals surface area (Å²) in [6.07, 6.45) is 6.95. The first-order chi connectivity index (χ1) is 8.78. The fourth-order valence-corrected chi connectivity index (χ4v) is 2.99. The van der Waals surface area contributed by atoms with E-state index in [9.17, 15) is 0 Å². The van der Waals surface area contributed by atoms with Crippen molar-refractivity contribution in [1.29, 1.82) is 0 Å². The minimum atomic E-state index is 0.502. The SMILES string of the molecule is CCc1ccc(C(C)NC(C2CC2)C2CC2)cc1. The molecule has 3 rings (SSSR count). The van der Waals surface area contributed by atoms with Crippen LogP contribution in [0.1, 0.15) is 56.7 Å². The lowest BCUT2D eigenvalue weighted by Crippen LogP contribution is -2.35. The highest BCUT2D eigenvalue weighted by Gasteiger charge is 2.41. The molecule has 0 heterocycles. The molecule has 0 bridgehead atoms. The Morgan fingerprint density at radius 2 is 1.61 bits per heavy atom. The Morgan fingerprint density at radius 1 is 1.06 bits per heavy atom. The van der Waals surface area contributed by atoms with E-state index in [2.05, 4.69) is 43.4 Å². The summed E-state index contributed by atoms with van der Waals surface area (Å²) in [5.74, 6) is 1.96. The molecule has 1 aromatic carbocycles. The summed E-state index contributed by atoms with van der Waals surface area (Å²) in [5, 5.41) is 3.89. The first kappa shape index (κ1) is 12.2. The third-order valence-electron chi connectivity index (χ3n) is 4.59. The molecule has 0 radical (unpaired) electrons. The number of benzene rings is 1. The summed E-state index contributed by atoms with van der Waals surface area (Å²) in [6.45, 7) is 4.53. The molecule has 0 aliphatic heterocycles. The highest BCUT2D eigenvalue weighted by atomic mass is 15.0. The topological polar surface area (TPSA) is 12.0 Å². The average molecular weight is 243 g/mol. The van der Waals surface area contributed by atoms with Crippen LogP contribution < -0.4 is 5.32 Å². The minimum absolute atomic E-state index is 0.502. The number of nitrogens with one attached hydrogen (secondary N) is 1. The zero-order chi connectivity index (χ0) is 12.5. The molecule has 0 amide bonds. The Kier molecular flexibility index (Phi) is 3.43. The zero-order valence-electron chi connectivity index (χ0n) is 11.7. The van der Waals surface area contributed by atoms with E-state index in [0.717, 1.165) is 24.3 Å². The lowest BCUT2D eigenvalue weighted by Gasteiger charge is -2.23. The fraction of sp³-hybridized carbons (Fsp3) is 0.647. The van der Waals surface area contributed by atoms with Crippen LogP contribution in [-0.4, -0.2) is 6.04 Å². The van der Waals surface area contributed by atoms with E-state index >= 15 is 0 Å². The van der Waals surface area contributed by atoms with Gasteiger partial charge in [0.25, 0.3) is 0 Å². The highest BCUT2D eigenvalue weighted by molar-refractivity contribution is 5.25. The third-order valence-corrected chi connectivity index (χ3v) is 4.59. The van der Waals surface area contributed by atoms with E-state index < -0.39 is 0 Å². The summed E-state index contributed by atoms with van der Waals surface area (Å²) >= 11 is 0. The summed E-state index contributed by atoms with van der Waals surface area (Å²) in [4.78, 5) is 0. The Hall–Kier alpha value is -0.820. The van der Waals surface area contributed by atoms with Crippen molar-refractivity contribution in [2.75, 3.05) is 0 Å². The van der Waals surface area contributed by atoms with Gasteiger partial charge in [0.2, 0.25) is 0 Å². The van der Waals surface area contributed by atoms with Crippen LogP contribution in [0.25, 0.3) is 0 Å². The van der Waals surface area contributed by atoms with Gasteiger partial charge in [-0.3, -0.25) is 0 Å². The van der Waals surface area contributed by atoms with Gasteiger partial charge >= 0.3 is 0 Å². The van der Waals surface area contributed by atoms with Gasteiger partial charge in [-0.05, 0) is 62.0 Å². The molecule has 1 aromatic rings. The van der Waals surface area contributed by atoms with Gasteiger partial charge in [0, 0.05) is 12.1 Å². The molecule has 18 heavy (non-hydrogen) atoms. The second kappa shape index (κ2) is 5.05. The van der Waals surface area contributed by atoms with Crippen molar-refractivity contribution >= 4 is 0 Å². The van der Waals surface area contributed by atoms with Gasteiger partial charge in [-0.2, -0.15) is 0 Å². The standard InChI is InChI=1S/C17H25N/c1-3-13-4-6-14(7-5-13)12(2)18-17(15-8-9-15)16-10-11-16/h4-7,12,15-18H,3,8-11H2,1-2H3. The van der Waals surface area contributed by atoms with Crippen molar-refractivity contribution in [1.82, 2.24) is 5.32 Å². The van der Waals surface area contributed by atoms with E-state index in [4.69, 9.17) is 0 Å². The van der Waals surface area contributed by atoms with Crippen molar-refractivity contribution < 1.29 is 0 Å². The molecule has 1 nitrogen and oxygen atoms in total. The number of hydrogen-bond acceptors (Lipinski definition) is 1. The van der Waals surface area contributed by atoms with Crippen molar-refractivity contribution in [3.63, 3.8) is 0 Å². The smallest absolute Gasteiger partial charge is 0.0294 e. The summed E-state index contributed by atoms with van der Waals surface area (Å²) in [5.41, 5.74) is 2.88. The molecule has 2 saturated carbocycles. The number of hydrogen-bond donors (Lipinski definition) is 1. The van der Waals surface area contributed by atoms with Gasteiger partial charge in [0.05, 0.1) is 0 Å². The quantitative estimate of drug-likeness (QED) is 0.793. The molecule has 2 aliphatic rings. The van der Waals surface area contributed by atoms with Crippen molar-refractivity contribution in [3.05, 3.63) is 35.4 Å². The Labute approximate surface area is 111 Å². The van der Waals surface area contributed by atoms with E-state index in [-0.39, 0.29) is 0 Å². The second-order valence-electron chi connectivity index (χ2n) is 6.18. The van der Waals surface area contributed by atoms with Gasteiger partial charge < -0.3 is 5.32 Å². The lowest BCUT2D eigenvalue weighted by molar-refractivity contribution is 0.377. The second-order valence-corrected chi connectivity index (χ2v) is 6.18. The molecule has 2 fully saturated rings. The lowest BCUT2D eigenvalue weighted by atomic mass is 10.0. The maximum absolute atomic E-state index is 3.89. The van der Waals surface area contributed by atoms with E-state index in [1.807, 2.05) is 0 Å². The molecule has 1 heteroatoms. The largest absolute Gasteiger partial charge is 0.307 e. The predicted molar refractivity (Wildman–Crippen MR) is 76.6 cm³/mol. The van der Waals surface area contributed by atoms with Crippen LogP contribution in [-0.2, 0) is 6.42 Å². The van der Waals surface area contributed by atoms with Crippen molar-refractivity contribution in [2.24, 2.45) is 11.8 Å². The van der Waals surface area contributed by atoms with Crippen LogP contribution in [0.15, 0.2) is 24.3 Å². The molecular weight excluding hydrogens is 218 g/mol. The van der Waals surface area contributed by atoms with Crippen LogP contribution in [0.4, 0.5) is 0 Å². The molecule has 0 spiro atoms. The molecule has 1 unspecified atom stereocenters. The van der Waals surface area contributed by atoms with Gasteiger partial charge in [-0.1, -0.05) is 31.2 Å². The van der Waals surface area contributed by atoms with Gasteiger partial charge in [-0.15, -0.1) is 0 Å². The van der Waals surface area contributed by atoms with Crippen molar-refractivity contribution in [2.45, 2.75) is 58.0 Å². The predicted octanol–water partition coefficient (Wildman–Crippen LogP) is 4.09. The highest BCUT2D eigenvalue weighted by Crippen LogP contribution is 2.45. The summed E-state index contributed by atoms with van der Waals surface area (Å²) in [6, 6.07) is 10.4. The van der Waals surface area contributed by atoms with Crippen LogP contribution in [0.3, 0.4) is 0 Å². The van der Waals surface area contributed by atoms with E-state index in [1.54, 1.807) is 0 Å². The average Bonchev–Trinajstić information content (AvgIpc) is 3.29. The Bertz CT molecular complexity index is 375. The van der Waals surface area contributed by atoms with Gasteiger partial charge in [0.1, 0.15) is 0 Å². The Morgan fingerprint density at radius 3 is 2.06 bits per heavy atom. The van der Waals surface area contributed by atoms with Gasteiger partial charge in [-0.25, -0.2) is 0 Å². The van der Waals surface area contributed by atoms with Crippen LogP contribution in [0.5, 0.6) is 0 Å². The molecule has 1 N–H and O–H groups in total. The van der Waals surface area contributed by atoms with Gasteiger partial charge in [0.15, 0.2) is 0 Å². The van der Waals surface area contributed by atoms with E-state index in [1.165, 1.54) is 36.8 Å². The molecule has 0 saturated heterocycles. The fourth-order valence-electron chi connectivity index (χ4n) is 2.99. The number of rotatable bonds is 6. The van der Waals surface area contributed by atoms with Crippen LogP contribution >= 0.6 is 0 Å². The molecule has 1 atom stereocenters. The number of aryl methyl sites for hydroxylation is 1. The monoisotopic (exact) mass is 243 g/mol.